The van der Waals surface area contributed by atoms with E-state index in [0.29, 0.717) is 6.04 Å². The predicted octanol–water partition coefficient (Wildman–Crippen LogP) is 2.39. The fraction of sp³-hybridized carbons (Fsp3) is 0.778. The Morgan fingerprint density at radius 2 is 1.70 bits per heavy atom. The van der Waals surface area contributed by atoms with Crippen LogP contribution in [0, 0.1) is 0 Å². The van der Waals surface area contributed by atoms with Crippen LogP contribution in [0.5, 0.6) is 0 Å². The molecule has 0 fully saturated rings. The Morgan fingerprint density at radius 3 is 1.80 bits per heavy atom. The van der Waals surface area contributed by atoms with Crippen molar-refractivity contribution in [2.45, 2.75) is 33.7 Å². The molecular weight excluding hydrogens is 122 g/mol. The predicted molar refractivity (Wildman–Crippen MR) is 46.7 cm³/mol. The monoisotopic (exact) mass is 142 g/mol. The summed E-state index contributed by atoms with van der Waals surface area (Å²) in [5.74, 6) is 0. The van der Waals surface area contributed by atoms with Gasteiger partial charge in [-0.25, -0.2) is 0 Å². The van der Waals surface area contributed by atoms with E-state index in [2.05, 4.69) is 47.9 Å². The standard InChI is InChI=1S/C9H20N/c1-7-9(4)10(5,6)8(2)3/h7-8H,1-6H3/q+1/b9-7+. The molecule has 0 saturated carbocycles. The molecule has 0 N–H and O–H groups in total. The zero-order valence-corrected chi connectivity index (χ0v) is 8.10. The Labute approximate surface area is 64.9 Å². The molecule has 1 nitrogen and oxygen atoms in total. The van der Waals surface area contributed by atoms with Crippen molar-refractivity contribution in [3.05, 3.63) is 11.8 Å². The van der Waals surface area contributed by atoms with Gasteiger partial charge in [-0.1, -0.05) is 0 Å². The number of allylic oxidation sites excluding steroid dienone is 2. The molecule has 0 atom stereocenters. The average molecular weight is 142 g/mol. The zero-order valence-electron chi connectivity index (χ0n) is 8.10. The quantitative estimate of drug-likeness (QED) is 0.519. The molecule has 1 heteroatoms. The number of nitrogens with zero attached hydrogens (tertiary/aromatic N) is 1. The van der Waals surface area contributed by atoms with Crippen LogP contribution < -0.4 is 0 Å². The van der Waals surface area contributed by atoms with Crippen molar-refractivity contribution in [2.75, 3.05) is 14.1 Å². The Hall–Kier alpha value is -0.300. The van der Waals surface area contributed by atoms with Gasteiger partial charge in [0.25, 0.3) is 0 Å². The van der Waals surface area contributed by atoms with Gasteiger partial charge in [-0.3, -0.25) is 4.48 Å². The van der Waals surface area contributed by atoms with E-state index in [9.17, 15) is 0 Å². The summed E-state index contributed by atoms with van der Waals surface area (Å²) >= 11 is 0. The summed E-state index contributed by atoms with van der Waals surface area (Å²) in [7, 11) is 4.47. The molecule has 0 aromatic heterocycles. The Balaban J connectivity index is 4.40. The summed E-state index contributed by atoms with van der Waals surface area (Å²) in [6.45, 7) is 8.76. The lowest BCUT2D eigenvalue weighted by molar-refractivity contribution is -0.874. The Kier molecular flexibility index (Phi) is 3.10. The molecule has 0 spiro atoms. The van der Waals surface area contributed by atoms with Crippen LogP contribution in [0.4, 0.5) is 0 Å². The van der Waals surface area contributed by atoms with Crippen molar-refractivity contribution < 1.29 is 4.48 Å². The fourth-order valence-electron chi connectivity index (χ4n) is 0.740. The van der Waals surface area contributed by atoms with E-state index in [1.807, 2.05) is 0 Å². The molecule has 0 aromatic carbocycles. The molecule has 0 saturated heterocycles. The maximum Gasteiger partial charge on any atom is 0.101 e. The summed E-state index contributed by atoms with van der Waals surface area (Å²) in [4.78, 5) is 0. The molecule has 0 heterocycles. The van der Waals surface area contributed by atoms with Gasteiger partial charge in [-0.2, -0.15) is 0 Å². The molecule has 0 unspecified atom stereocenters. The first kappa shape index (κ1) is 9.70. The Bertz CT molecular complexity index is 132. The largest absolute Gasteiger partial charge is 0.298 e. The average Bonchev–Trinajstić information content (AvgIpc) is 1.86. The summed E-state index contributed by atoms with van der Waals surface area (Å²) < 4.78 is 0.997. The summed E-state index contributed by atoms with van der Waals surface area (Å²) in [5.41, 5.74) is 1.43. The van der Waals surface area contributed by atoms with Gasteiger partial charge in [0.15, 0.2) is 0 Å². The molecule has 0 aliphatic carbocycles. The van der Waals surface area contributed by atoms with E-state index in [4.69, 9.17) is 0 Å². The van der Waals surface area contributed by atoms with Crippen molar-refractivity contribution in [3.8, 4) is 0 Å². The van der Waals surface area contributed by atoms with Crippen molar-refractivity contribution in [3.63, 3.8) is 0 Å². The molecule has 0 aliphatic rings. The number of quaternary nitrogens is 1. The van der Waals surface area contributed by atoms with Gasteiger partial charge >= 0.3 is 0 Å². The highest BCUT2D eigenvalue weighted by Gasteiger charge is 2.21. The van der Waals surface area contributed by atoms with Gasteiger partial charge in [0, 0.05) is 6.92 Å². The highest BCUT2D eigenvalue weighted by Crippen LogP contribution is 2.14. The lowest BCUT2D eigenvalue weighted by atomic mass is 10.2. The maximum absolute atomic E-state index is 2.24. The van der Waals surface area contributed by atoms with Gasteiger partial charge in [0.2, 0.25) is 0 Å². The van der Waals surface area contributed by atoms with Gasteiger partial charge in [-0.15, -0.1) is 0 Å². The topological polar surface area (TPSA) is 0 Å². The molecule has 0 rings (SSSR count). The van der Waals surface area contributed by atoms with Crippen LogP contribution in [0.1, 0.15) is 27.7 Å². The summed E-state index contributed by atoms with van der Waals surface area (Å²) in [6, 6.07) is 0.663. The van der Waals surface area contributed by atoms with Crippen molar-refractivity contribution in [1.82, 2.24) is 0 Å². The van der Waals surface area contributed by atoms with E-state index in [1.54, 1.807) is 0 Å². The van der Waals surface area contributed by atoms with Crippen LogP contribution in [-0.4, -0.2) is 24.6 Å². The first-order valence-electron chi connectivity index (χ1n) is 3.90. The maximum atomic E-state index is 2.24. The molecule has 0 amide bonds. The first-order valence-corrected chi connectivity index (χ1v) is 3.90. The molecular formula is C9H20N+. The van der Waals surface area contributed by atoms with Crippen LogP contribution in [0.25, 0.3) is 0 Å². The van der Waals surface area contributed by atoms with E-state index in [1.165, 1.54) is 5.70 Å². The summed E-state index contributed by atoms with van der Waals surface area (Å²) in [5, 5.41) is 0. The van der Waals surface area contributed by atoms with Crippen molar-refractivity contribution >= 4 is 0 Å². The lowest BCUT2D eigenvalue weighted by Crippen LogP contribution is -2.43. The van der Waals surface area contributed by atoms with Crippen LogP contribution >= 0.6 is 0 Å². The Morgan fingerprint density at radius 1 is 1.30 bits per heavy atom. The van der Waals surface area contributed by atoms with E-state index in [0.717, 1.165) is 4.48 Å². The fourth-order valence-corrected chi connectivity index (χ4v) is 0.740. The molecule has 0 radical (unpaired) electrons. The number of rotatable bonds is 2. The highest BCUT2D eigenvalue weighted by molar-refractivity contribution is 4.85. The van der Waals surface area contributed by atoms with Gasteiger partial charge in [0.05, 0.1) is 20.1 Å². The minimum Gasteiger partial charge on any atom is -0.298 e. The van der Waals surface area contributed by atoms with Crippen LogP contribution in [0.15, 0.2) is 11.8 Å². The SMILES string of the molecule is C/C=C(\C)[N+](C)(C)C(C)C. The molecule has 10 heavy (non-hydrogen) atoms. The van der Waals surface area contributed by atoms with E-state index in [-0.39, 0.29) is 0 Å². The van der Waals surface area contributed by atoms with Gasteiger partial charge in [-0.05, 0) is 26.8 Å². The third kappa shape index (κ3) is 1.84. The molecule has 0 bridgehead atoms. The third-order valence-electron chi connectivity index (χ3n) is 2.62. The van der Waals surface area contributed by atoms with Gasteiger partial charge < -0.3 is 0 Å². The third-order valence-corrected chi connectivity index (χ3v) is 2.62. The number of hydrogen-bond acceptors (Lipinski definition) is 0. The van der Waals surface area contributed by atoms with Crippen LogP contribution in [-0.2, 0) is 0 Å². The lowest BCUT2D eigenvalue weighted by Gasteiger charge is -2.34. The van der Waals surface area contributed by atoms with Crippen molar-refractivity contribution in [1.29, 1.82) is 0 Å². The second kappa shape index (κ2) is 3.20. The first-order chi connectivity index (χ1) is 4.42. The minimum absolute atomic E-state index is 0.663. The molecule has 0 aromatic rings. The second-order valence-electron chi connectivity index (χ2n) is 3.56. The minimum atomic E-state index is 0.663. The van der Waals surface area contributed by atoms with Crippen LogP contribution in [0.2, 0.25) is 0 Å². The van der Waals surface area contributed by atoms with E-state index < -0.39 is 0 Å². The van der Waals surface area contributed by atoms with Gasteiger partial charge in [0.1, 0.15) is 5.70 Å². The second-order valence-corrected chi connectivity index (χ2v) is 3.56. The normalized spacial score (nSPS) is 14.5. The zero-order chi connectivity index (χ0) is 8.36. The van der Waals surface area contributed by atoms with E-state index >= 15 is 0 Å². The highest BCUT2D eigenvalue weighted by atomic mass is 15.3. The smallest absolute Gasteiger partial charge is 0.101 e. The van der Waals surface area contributed by atoms with Crippen LogP contribution in [0.3, 0.4) is 0 Å². The van der Waals surface area contributed by atoms with Crippen molar-refractivity contribution in [2.24, 2.45) is 0 Å². The molecule has 0 aliphatic heterocycles. The molecule has 60 valence electrons. The number of hydrogen-bond donors (Lipinski definition) is 0. The summed E-state index contributed by atoms with van der Waals surface area (Å²) in [6.07, 6.45) is 2.18.